The number of nitrogens with zero attached hydrogens (tertiary/aromatic N) is 3. The minimum Gasteiger partial charge on any atom is -0.300 e. The Morgan fingerprint density at radius 1 is 0.875 bits per heavy atom. The Bertz CT molecular complexity index is 1120. The molecule has 0 aliphatic carbocycles. The molecule has 0 radical (unpaired) electrons. The van der Waals surface area contributed by atoms with E-state index in [2.05, 4.69) is 29.2 Å². The molecule has 2 fully saturated rings. The van der Waals surface area contributed by atoms with Crippen molar-refractivity contribution in [2.24, 2.45) is 4.99 Å². The summed E-state index contributed by atoms with van der Waals surface area (Å²) < 4.78 is 14.1. The van der Waals surface area contributed by atoms with Crippen molar-refractivity contribution in [2.45, 2.75) is 31.3 Å². The summed E-state index contributed by atoms with van der Waals surface area (Å²) >= 11 is 0. The molecule has 0 atom stereocenters. The van der Waals surface area contributed by atoms with Crippen molar-refractivity contribution in [1.82, 2.24) is 4.90 Å². The van der Waals surface area contributed by atoms with E-state index in [0.717, 1.165) is 43.9 Å². The van der Waals surface area contributed by atoms with E-state index in [1.54, 1.807) is 6.07 Å². The first-order valence-electron chi connectivity index (χ1n) is 11.1. The Kier molecular flexibility index (Phi) is 5.58. The van der Waals surface area contributed by atoms with E-state index < -0.39 is 5.54 Å². The van der Waals surface area contributed by atoms with Gasteiger partial charge in [0.05, 0.1) is 23.4 Å². The number of carbonyl (C=O) groups is 1. The molecule has 2 saturated heterocycles. The zero-order valence-electron chi connectivity index (χ0n) is 18.0. The molecule has 2 heterocycles. The van der Waals surface area contributed by atoms with E-state index in [9.17, 15) is 9.18 Å². The van der Waals surface area contributed by atoms with Gasteiger partial charge in [0, 0.05) is 25.3 Å². The SMILES string of the molecule is O=C1CC(=Nc2ccccc2)C2(CCN(Cc3ccccc3)CC2)N1c1cccc(F)c1. The van der Waals surface area contributed by atoms with Gasteiger partial charge in [-0.15, -0.1) is 0 Å². The van der Waals surface area contributed by atoms with Crippen LogP contribution in [0.5, 0.6) is 0 Å². The molecule has 2 aliphatic rings. The molecular weight excluding hydrogens is 401 g/mol. The number of likely N-dealkylation sites (tertiary alicyclic amines) is 1. The van der Waals surface area contributed by atoms with Crippen molar-refractivity contribution >= 4 is 23.0 Å². The van der Waals surface area contributed by atoms with Crippen molar-refractivity contribution < 1.29 is 9.18 Å². The molecule has 1 spiro atoms. The van der Waals surface area contributed by atoms with Gasteiger partial charge in [0.25, 0.3) is 0 Å². The molecule has 0 aromatic heterocycles. The molecule has 0 saturated carbocycles. The third kappa shape index (κ3) is 3.96. The van der Waals surface area contributed by atoms with Crippen molar-refractivity contribution in [3.8, 4) is 0 Å². The van der Waals surface area contributed by atoms with Crippen LogP contribution in [0.2, 0.25) is 0 Å². The summed E-state index contributed by atoms with van der Waals surface area (Å²) in [6.07, 6.45) is 1.81. The lowest BCUT2D eigenvalue weighted by atomic mass is 9.82. The average molecular weight is 428 g/mol. The number of hydrogen-bond donors (Lipinski definition) is 0. The van der Waals surface area contributed by atoms with Crippen LogP contribution in [-0.2, 0) is 11.3 Å². The third-order valence-corrected chi connectivity index (χ3v) is 6.55. The van der Waals surface area contributed by atoms with Crippen LogP contribution in [0.3, 0.4) is 0 Å². The standard InChI is InChI=1S/C27H26FN3O/c28-22-10-7-13-24(18-22)31-26(32)19-25(29-23-11-5-2-6-12-23)27(31)14-16-30(17-15-27)20-21-8-3-1-4-9-21/h1-13,18H,14-17,19-20H2. The van der Waals surface area contributed by atoms with E-state index in [0.29, 0.717) is 5.69 Å². The lowest BCUT2D eigenvalue weighted by Gasteiger charge is -2.45. The maximum atomic E-state index is 14.1. The molecule has 32 heavy (non-hydrogen) atoms. The van der Waals surface area contributed by atoms with Gasteiger partial charge in [0.2, 0.25) is 5.91 Å². The Labute approximate surface area is 188 Å². The number of halogens is 1. The maximum absolute atomic E-state index is 14.1. The van der Waals surface area contributed by atoms with E-state index in [1.807, 2.05) is 47.4 Å². The topological polar surface area (TPSA) is 35.9 Å². The molecule has 3 aromatic carbocycles. The molecule has 5 heteroatoms. The summed E-state index contributed by atoms with van der Waals surface area (Å²) in [5, 5.41) is 0. The smallest absolute Gasteiger partial charge is 0.233 e. The van der Waals surface area contributed by atoms with Crippen molar-refractivity contribution in [2.75, 3.05) is 18.0 Å². The minimum absolute atomic E-state index is 0.0122. The molecule has 0 unspecified atom stereocenters. The minimum atomic E-state index is -0.520. The molecule has 5 rings (SSSR count). The molecule has 4 nitrogen and oxygen atoms in total. The Balaban J connectivity index is 1.48. The Morgan fingerprint density at radius 3 is 2.25 bits per heavy atom. The van der Waals surface area contributed by atoms with Crippen LogP contribution in [-0.4, -0.2) is 35.1 Å². The summed E-state index contributed by atoms with van der Waals surface area (Å²) in [5.74, 6) is -0.345. The summed E-state index contributed by atoms with van der Waals surface area (Å²) in [4.78, 5) is 22.4. The Hall–Kier alpha value is -3.31. The average Bonchev–Trinajstić information content (AvgIpc) is 3.07. The lowest BCUT2D eigenvalue weighted by molar-refractivity contribution is -0.117. The first kappa shape index (κ1) is 20.6. The van der Waals surface area contributed by atoms with Gasteiger partial charge in [-0.2, -0.15) is 0 Å². The lowest BCUT2D eigenvalue weighted by Crippen LogP contribution is -2.56. The quantitative estimate of drug-likeness (QED) is 0.561. The first-order valence-corrected chi connectivity index (χ1v) is 11.1. The van der Waals surface area contributed by atoms with E-state index in [4.69, 9.17) is 4.99 Å². The second-order valence-corrected chi connectivity index (χ2v) is 8.57. The summed E-state index contributed by atoms with van der Waals surface area (Å²) in [6.45, 7) is 2.58. The third-order valence-electron chi connectivity index (χ3n) is 6.55. The number of rotatable bonds is 4. The Morgan fingerprint density at radius 2 is 1.56 bits per heavy atom. The molecule has 3 aromatic rings. The predicted molar refractivity (Wildman–Crippen MR) is 126 cm³/mol. The molecule has 0 N–H and O–H groups in total. The van der Waals surface area contributed by atoms with Gasteiger partial charge < -0.3 is 4.90 Å². The highest BCUT2D eigenvalue weighted by atomic mass is 19.1. The number of anilines is 1. The number of para-hydroxylation sites is 1. The van der Waals surface area contributed by atoms with Gasteiger partial charge in [0.15, 0.2) is 0 Å². The summed E-state index contributed by atoms with van der Waals surface area (Å²) in [6, 6.07) is 26.6. The number of hydrogen-bond acceptors (Lipinski definition) is 3. The number of amides is 1. The fourth-order valence-electron chi connectivity index (χ4n) is 5.00. The van der Waals surface area contributed by atoms with Gasteiger partial charge in [-0.3, -0.25) is 14.7 Å². The fraction of sp³-hybridized carbons (Fsp3) is 0.259. The van der Waals surface area contributed by atoms with Crippen molar-refractivity contribution in [3.63, 3.8) is 0 Å². The van der Waals surface area contributed by atoms with Gasteiger partial charge in [0.1, 0.15) is 5.82 Å². The zero-order chi connectivity index (χ0) is 22.0. The normalized spacial score (nSPS) is 19.7. The van der Waals surface area contributed by atoms with Gasteiger partial charge >= 0.3 is 0 Å². The van der Waals surface area contributed by atoms with Crippen LogP contribution in [0.1, 0.15) is 24.8 Å². The van der Waals surface area contributed by atoms with E-state index in [1.165, 1.54) is 17.7 Å². The van der Waals surface area contributed by atoms with Crippen LogP contribution in [0.15, 0.2) is 89.9 Å². The van der Waals surface area contributed by atoms with Crippen LogP contribution < -0.4 is 4.90 Å². The highest BCUT2D eigenvalue weighted by Crippen LogP contribution is 2.42. The molecule has 162 valence electrons. The molecule has 0 bridgehead atoms. The van der Waals surface area contributed by atoms with Crippen molar-refractivity contribution in [1.29, 1.82) is 0 Å². The van der Waals surface area contributed by atoms with Crippen LogP contribution in [0.4, 0.5) is 15.8 Å². The summed E-state index contributed by atoms with van der Waals surface area (Å²) in [7, 11) is 0. The number of aliphatic imine (C=N–C) groups is 1. The largest absolute Gasteiger partial charge is 0.300 e. The monoisotopic (exact) mass is 427 g/mol. The zero-order valence-corrected chi connectivity index (χ0v) is 18.0. The molecular formula is C27H26FN3O. The molecule has 2 aliphatic heterocycles. The number of piperidine rings is 1. The number of carbonyl (C=O) groups excluding carboxylic acids is 1. The van der Waals surface area contributed by atoms with Gasteiger partial charge in [-0.25, -0.2) is 4.39 Å². The van der Waals surface area contributed by atoms with Crippen LogP contribution >= 0.6 is 0 Å². The first-order chi connectivity index (χ1) is 15.6. The van der Waals surface area contributed by atoms with Crippen molar-refractivity contribution in [3.05, 3.63) is 96.3 Å². The molecule has 1 amide bonds. The summed E-state index contributed by atoms with van der Waals surface area (Å²) in [5.41, 5.74) is 3.11. The highest BCUT2D eigenvalue weighted by molar-refractivity contribution is 6.22. The van der Waals surface area contributed by atoms with E-state index >= 15 is 0 Å². The second kappa shape index (κ2) is 8.67. The second-order valence-electron chi connectivity index (χ2n) is 8.57. The number of benzene rings is 3. The fourth-order valence-corrected chi connectivity index (χ4v) is 5.00. The predicted octanol–water partition coefficient (Wildman–Crippen LogP) is 5.37. The van der Waals surface area contributed by atoms with Gasteiger partial charge in [-0.05, 0) is 48.7 Å². The highest BCUT2D eigenvalue weighted by Gasteiger charge is 2.52. The van der Waals surface area contributed by atoms with Gasteiger partial charge in [-0.1, -0.05) is 54.6 Å². The van der Waals surface area contributed by atoms with E-state index in [-0.39, 0.29) is 18.1 Å². The van der Waals surface area contributed by atoms with Crippen LogP contribution in [0, 0.1) is 5.82 Å². The maximum Gasteiger partial charge on any atom is 0.233 e. The van der Waals surface area contributed by atoms with Crippen LogP contribution in [0.25, 0.3) is 0 Å².